The van der Waals surface area contributed by atoms with E-state index in [4.69, 9.17) is 0 Å². The van der Waals surface area contributed by atoms with Gasteiger partial charge in [-0.25, -0.2) is 4.79 Å². The maximum Gasteiger partial charge on any atom is 0.422 e. The Morgan fingerprint density at radius 2 is 1.77 bits per heavy atom. The van der Waals surface area contributed by atoms with E-state index in [2.05, 4.69) is 4.74 Å². The highest BCUT2D eigenvalue weighted by molar-refractivity contribution is 6.32. The molecule has 0 heterocycles. The number of nitrogens with zero attached hydrogens (tertiary/aromatic N) is 1. The average Bonchev–Trinajstić information content (AvgIpc) is 2.43. The molecule has 1 aromatic carbocycles. The number of hydrogen-bond acceptors (Lipinski definition) is 3. The summed E-state index contributed by atoms with van der Waals surface area (Å²) in [6, 6.07) is 8.88. The zero-order valence-corrected chi connectivity index (χ0v) is 12.4. The maximum atomic E-state index is 12.0. The number of rotatable bonds is 5. The van der Waals surface area contributed by atoms with Crippen LogP contribution in [0.2, 0.25) is 0 Å². The predicted molar refractivity (Wildman–Crippen MR) is 73.7 cm³/mol. The number of benzene rings is 1. The van der Waals surface area contributed by atoms with Crippen molar-refractivity contribution < 1.29 is 27.5 Å². The van der Waals surface area contributed by atoms with Crippen molar-refractivity contribution in [2.24, 2.45) is 5.92 Å². The van der Waals surface area contributed by atoms with E-state index < -0.39 is 24.7 Å². The van der Waals surface area contributed by atoms with Crippen LogP contribution in [0.1, 0.15) is 19.4 Å². The van der Waals surface area contributed by atoms with Crippen LogP contribution in [0.5, 0.6) is 0 Å². The first-order valence-corrected chi connectivity index (χ1v) is 6.75. The molecule has 1 aromatic rings. The van der Waals surface area contributed by atoms with E-state index in [0.717, 1.165) is 5.56 Å². The molecule has 0 aliphatic heterocycles. The zero-order chi connectivity index (χ0) is 16.8. The second kappa shape index (κ2) is 7.82. The second-order valence-electron chi connectivity index (χ2n) is 5.26. The molecule has 1 amide bonds. The van der Waals surface area contributed by atoms with Gasteiger partial charge < -0.3 is 9.64 Å². The second-order valence-corrected chi connectivity index (χ2v) is 5.26. The van der Waals surface area contributed by atoms with Gasteiger partial charge in [-0.1, -0.05) is 44.2 Å². The SMILES string of the molecule is CC(C)CN(Cc1ccccc1)C(=O)C(=O)OCC(F)(F)F. The van der Waals surface area contributed by atoms with Gasteiger partial charge in [-0.15, -0.1) is 0 Å². The molecule has 22 heavy (non-hydrogen) atoms. The normalized spacial score (nSPS) is 11.4. The van der Waals surface area contributed by atoms with Gasteiger partial charge in [0.05, 0.1) is 0 Å². The summed E-state index contributed by atoms with van der Waals surface area (Å²) in [4.78, 5) is 24.7. The third kappa shape index (κ3) is 6.60. The molecule has 0 N–H and O–H groups in total. The van der Waals surface area contributed by atoms with E-state index in [1.54, 1.807) is 30.3 Å². The Kier molecular flexibility index (Phi) is 6.39. The monoisotopic (exact) mass is 317 g/mol. The van der Waals surface area contributed by atoms with E-state index in [9.17, 15) is 22.8 Å². The van der Waals surface area contributed by atoms with Gasteiger partial charge in [-0.2, -0.15) is 13.2 Å². The van der Waals surface area contributed by atoms with Crippen LogP contribution in [0.3, 0.4) is 0 Å². The Morgan fingerprint density at radius 3 is 2.27 bits per heavy atom. The van der Waals surface area contributed by atoms with Crippen molar-refractivity contribution in [1.82, 2.24) is 4.90 Å². The molecular formula is C15H18F3NO3. The molecule has 0 saturated carbocycles. The van der Waals surface area contributed by atoms with Gasteiger partial charge in [-0.05, 0) is 11.5 Å². The van der Waals surface area contributed by atoms with Crippen molar-refractivity contribution in [3.8, 4) is 0 Å². The van der Waals surface area contributed by atoms with Crippen LogP contribution in [0.25, 0.3) is 0 Å². The van der Waals surface area contributed by atoms with Crippen LogP contribution in [0.15, 0.2) is 30.3 Å². The standard InChI is InChI=1S/C15H18F3NO3/c1-11(2)8-19(9-12-6-4-3-5-7-12)13(20)14(21)22-10-15(16,17)18/h3-7,11H,8-10H2,1-2H3. The van der Waals surface area contributed by atoms with Gasteiger partial charge in [0.15, 0.2) is 6.61 Å². The molecule has 0 saturated heterocycles. The van der Waals surface area contributed by atoms with E-state index in [-0.39, 0.29) is 19.0 Å². The van der Waals surface area contributed by atoms with Gasteiger partial charge in [0.2, 0.25) is 0 Å². The molecule has 0 aliphatic carbocycles. The minimum absolute atomic E-state index is 0.0584. The van der Waals surface area contributed by atoms with Crippen molar-refractivity contribution in [3.63, 3.8) is 0 Å². The Labute approximate surface area is 126 Å². The summed E-state index contributed by atoms with van der Waals surface area (Å²) < 4.78 is 40.1. The van der Waals surface area contributed by atoms with Crippen molar-refractivity contribution in [3.05, 3.63) is 35.9 Å². The lowest BCUT2D eigenvalue weighted by molar-refractivity contribution is -0.189. The molecule has 0 aromatic heterocycles. The highest BCUT2D eigenvalue weighted by Gasteiger charge is 2.32. The van der Waals surface area contributed by atoms with Crippen LogP contribution in [0.4, 0.5) is 13.2 Å². The average molecular weight is 317 g/mol. The highest BCUT2D eigenvalue weighted by atomic mass is 19.4. The predicted octanol–water partition coefficient (Wildman–Crippen LogP) is 2.78. The summed E-state index contributed by atoms with van der Waals surface area (Å²) >= 11 is 0. The fraction of sp³-hybridized carbons (Fsp3) is 0.467. The Balaban J connectivity index is 2.73. The number of esters is 1. The lowest BCUT2D eigenvalue weighted by Crippen LogP contribution is -2.40. The van der Waals surface area contributed by atoms with Crippen molar-refractivity contribution in [1.29, 1.82) is 0 Å². The number of ether oxygens (including phenoxy) is 1. The minimum Gasteiger partial charge on any atom is -0.449 e. The number of carbonyl (C=O) groups is 2. The smallest absolute Gasteiger partial charge is 0.422 e. The first kappa shape index (κ1) is 18.0. The third-order valence-corrected chi connectivity index (χ3v) is 2.63. The van der Waals surface area contributed by atoms with Gasteiger partial charge in [-0.3, -0.25) is 4.79 Å². The molecule has 0 radical (unpaired) electrons. The van der Waals surface area contributed by atoms with Crippen LogP contribution >= 0.6 is 0 Å². The summed E-state index contributed by atoms with van der Waals surface area (Å²) in [6.07, 6.45) is -4.65. The molecule has 0 bridgehead atoms. The summed E-state index contributed by atoms with van der Waals surface area (Å²) in [6.45, 7) is 2.30. The zero-order valence-electron chi connectivity index (χ0n) is 12.4. The molecular weight excluding hydrogens is 299 g/mol. The van der Waals surface area contributed by atoms with Crippen LogP contribution in [-0.2, 0) is 20.9 Å². The Hall–Kier alpha value is -2.05. The van der Waals surface area contributed by atoms with Gasteiger partial charge in [0, 0.05) is 13.1 Å². The molecule has 4 nitrogen and oxygen atoms in total. The van der Waals surface area contributed by atoms with Crippen LogP contribution in [0, 0.1) is 5.92 Å². The van der Waals surface area contributed by atoms with Crippen molar-refractivity contribution in [2.75, 3.05) is 13.2 Å². The molecule has 0 fully saturated rings. The van der Waals surface area contributed by atoms with E-state index in [1.165, 1.54) is 4.90 Å². The van der Waals surface area contributed by atoms with E-state index in [1.807, 2.05) is 13.8 Å². The number of carbonyl (C=O) groups excluding carboxylic acids is 2. The Morgan fingerprint density at radius 1 is 1.18 bits per heavy atom. The fourth-order valence-corrected chi connectivity index (χ4v) is 1.80. The first-order chi connectivity index (χ1) is 10.2. The van der Waals surface area contributed by atoms with E-state index >= 15 is 0 Å². The molecule has 7 heteroatoms. The van der Waals surface area contributed by atoms with Crippen LogP contribution in [-0.4, -0.2) is 36.1 Å². The van der Waals surface area contributed by atoms with Crippen molar-refractivity contribution in [2.45, 2.75) is 26.6 Å². The quantitative estimate of drug-likeness (QED) is 0.620. The van der Waals surface area contributed by atoms with E-state index in [0.29, 0.717) is 0 Å². The van der Waals surface area contributed by atoms with Gasteiger partial charge in [0.25, 0.3) is 0 Å². The fourth-order valence-electron chi connectivity index (χ4n) is 1.80. The maximum absolute atomic E-state index is 12.0. The Bertz CT molecular complexity index is 501. The summed E-state index contributed by atoms with van der Waals surface area (Å²) in [5, 5.41) is 0. The molecule has 0 aliphatic rings. The lowest BCUT2D eigenvalue weighted by Gasteiger charge is -2.23. The first-order valence-electron chi connectivity index (χ1n) is 6.75. The van der Waals surface area contributed by atoms with Crippen molar-refractivity contribution >= 4 is 11.9 Å². The van der Waals surface area contributed by atoms with Gasteiger partial charge in [0.1, 0.15) is 0 Å². The minimum atomic E-state index is -4.65. The van der Waals surface area contributed by atoms with Gasteiger partial charge >= 0.3 is 18.1 Å². The largest absolute Gasteiger partial charge is 0.449 e. The highest BCUT2D eigenvalue weighted by Crippen LogP contribution is 2.15. The number of halogens is 3. The molecule has 122 valence electrons. The van der Waals surface area contributed by atoms with Crippen LogP contribution < -0.4 is 0 Å². The summed E-state index contributed by atoms with van der Waals surface area (Å²) in [7, 11) is 0. The summed E-state index contributed by atoms with van der Waals surface area (Å²) in [5.74, 6) is -2.50. The molecule has 0 spiro atoms. The number of alkyl halides is 3. The number of hydrogen-bond donors (Lipinski definition) is 0. The third-order valence-electron chi connectivity index (χ3n) is 2.63. The molecule has 0 unspecified atom stereocenters. The molecule has 0 atom stereocenters. The molecule has 1 rings (SSSR count). The lowest BCUT2D eigenvalue weighted by atomic mass is 10.1. The topological polar surface area (TPSA) is 46.6 Å². The number of amides is 1. The summed E-state index contributed by atoms with van der Waals surface area (Å²) in [5.41, 5.74) is 0.778.